The van der Waals surface area contributed by atoms with Crippen LogP contribution >= 0.6 is 0 Å². The normalized spacial score (nSPS) is 12.2. The molecule has 1 aromatic heterocycles. The summed E-state index contributed by atoms with van der Waals surface area (Å²) in [6, 6.07) is 3.63. The van der Waals surface area contributed by atoms with Crippen LogP contribution in [0.3, 0.4) is 0 Å². The Morgan fingerprint density at radius 2 is 2.36 bits per heavy atom. The molecule has 1 atom stereocenters. The van der Waals surface area contributed by atoms with Gasteiger partial charge < -0.3 is 10.4 Å². The third kappa shape index (κ3) is 3.14. The maximum Gasteiger partial charge on any atom is 0.216 e. The van der Waals surface area contributed by atoms with Gasteiger partial charge in [0, 0.05) is 30.9 Å². The molecule has 1 rings (SSSR count). The number of nitrogens with one attached hydrogen (secondary N) is 1. The molecule has 0 aliphatic rings. The molecule has 0 spiro atoms. The highest BCUT2D eigenvalue weighted by atomic mass is 16.3. The maximum atomic E-state index is 10.6. The Balaban J connectivity index is 2.56. The lowest BCUT2D eigenvalue weighted by Crippen LogP contribution is -2.25. The van der Waals surface area contributed by atoms with E-state index in [1.54, 1.807) is 12.3 Å². The van der Waals surface area contributed by atoms with Crippen molar-refractivity contribution >= 4 is 5.91 Å². The molecule has 1 aromatic rings. The Morgan fingerprint density at radius 3 is 2.86 bits per heavy atom. The molecular formula is C10H14N2O2. The van der Waals surface area contributed by atoms with Crippen LogP contribution < -0.4 is 5.32 Å². The summed E-state index contributed by atoms with van der Waals surface area (Å²) >= 11 is 0. The van der Waals surface area contributed by atoms with E-state index < -0.39 is 6.10 Å². The first-order chi connectivity index (χ1) is 6.59. The van der Waals surface area contributed by atoms with Crippen LogP contribution in [-0.2, 0) is 4.79 Å². The first-order valence-electron chi connectivity index (χ1n) is 4.44. The van der Waals surface area contributed by atoms with Crippen LogP contribution in [0.1, 0.15) is 24.3 Å². The minimum atomic E-state index is -0.688. The van der Waals surface area contributed by atoms with Gasteiger partial charge in [0.1, 0.15) is 0 Å². The minimum absolute atomic E-state index is 0.149. The van der Waals surface area contributed by atoms with Gasteiger partial charge in [-0.2, -0.15) is 0 Å². The maximum absolute atomic E-state index is 10.6. The average molecular weight is 194 g/mol. The zero-order chi connectivity index (χ0) is 10.6. The summed E-state index contributed by atoms with van der Waals surface area (Å²) in [7, 11) is 0. The molecule has 0 saturated heterocycles. The van der Waals surface area contributed by atoms with E-state index in [0.29, 0.717) is 5.56 Å². The second-order valence-electron chi connectivity index (χ2n) is 3.19. The zero-order valence-electron chi connectivity index (χ0n) is 8.32. The lowest BCUT2D eigenvalue weighted by Gasteiger charge is -2.10. The van der Waals surface area contributed by atoms with Gasteiger partial charge in [-0.3, -0.25) is 9.78 Å². The highest BCUT2D eigenvalue weighted by Gasteiger charge is 2.07. The summed E-state index contributed by atoms with van der Waals surface area (Å²) in [5, 5.41) is 12.1. The fourth-order valence-electron chi connectivity index (χ4n) is 1.03. The Labute approximate surface area is 83.0 Å². The van der Waals surface area contributed by atoms with Gasteiger partial charge in [-0.25, -0.2) is 0 Å². The van der Waals surface area contributed by atoms with Crippen molar-refractivity contribution in [2.45, 2.75) is 20.0 Å². The lowest BCUT2D eigenvalue weighted by molar-refractivity contribution is -0.119. The van der Waals surface area contributed by atoms with Crippen LogP contribution in [0, 0.1) is 6.92 Å². The number of hydrogen-bond acceptors (Lipinski definition) is 3. The number of aliphatic hydroxyl groups excluding tert-OH is 1. The fraction of sp³-hybridized carbons (Fsp3) is 0.400. The number of nitrogens with zero attached hydrogens (tertiary/aromatic N) is 1. The third-order valence-corrected chi connectivity index (χ3v) is 1.86. The van der Waals surface area contributed by atoms with Crippen LogP contribution in [0.5, 0.6) is 0 Å². The van der Waals surface area contributed by atoms with E-state index in [-0.39, 0.29) is 12.5 Å². The number of pyridine rings is 1. The number of aryl methyl sites for hydroxylation is 1. The molecule has 14 heavy (non-hydrogen) atoms. The Morgan fingerprint density at radius 1 is 1.64 bits per heavy atom. The van der Waals surface area contributed by atoms with Gasteiger partial charge in [0.05, 0.1) is 6.10 Å². The van der Waals surface area contributed by atoms with Gasteiger partial charge in [0.15, 0.2) is 0 Å². The van der Waals surface area contributed by atoms with E-state index in [4.69, 9.17) is 0 Å². The number of carbonyl (C=O) groups excluding carboxylic acids is 1. The topological polar surface area (TPSA) is 62.2 Å². The molecule has 76 valence electrons. The second kappa shape index (κ2) is 4.72. The van der Waals surface area contributed by atoms with E-state index in [9.17, 15) is 9.90 Å². The number of amides is 1. The standard InChI is InChI=1S/C10H14N2O2/c1-7-3-4-9(5-11-7)10(14)6-12-8(2)13/h3-5,10,14H,6H2,1-2H3,(H,12,13). The van der Waals surface area contributed by atoms with E-state index in [1.807, 2.05) is 13.0 Å². The van der Waals surface area contributed by atoms with Crippen LogP contribution in [0.4, 0.5) is 0 Å². The fourth-order valence-corrected chi connectivity index (χ4v) is 1.03. The predicted octanol–water partition coefficient (Wildman–Crippen LogP) is 0.560. The first-order valence-corrected chi connectivity index (χ1v) is 4.44. The molecule has 2 N–H and O–H groups in total. The number of aliphatic hydroxyl groups is 1. The predicted molar refractivity (Wildman–Crippen MR) is 52.6 cm³/mol. The molecule has 0 aromatic carbocycles. The van der Waals surface area contributed by atoms with Crippen LogP contribution in [0.2, 0.25) is 0 Å². The number of hydrogen-bond donors (Lipinski definition) is 2. The van der Waals surface area contributed by atoms with Crippen molar-refractivity contribution in [2.75, 3.05) is 6.54 Å². The van der Waals surface area contributed by atoms with Gasteiger partial charge in [0.2, 0.25) is 5.91 Å². The highest BCUT2D eigenvalue weighted by molar-refractivity contribution is 5.72. The molecule has 0 saturated carbocycles. The van der Waals surface area contributed by atoms with Crippen molar-refractivity contribution < 1.29 is 9.90 Å². The van der Waals surface area contributed by atoms with E-state index in [1.165, 1.54) is 6.92 Å². The quantitative estimate of drug-likeness (QED) is 0.739. The zero-order valence-corrected chi connectivity index (χ0v) is 8.32. The lowest BCUT2D eigenvalue weighted by atomic mass is 10.1. The SMILES string of the molecule is CC(=O)NCC(O)c1ccc(C)nc1. The molecule has 0 aliphatic heterocycles. The summed E-state index contributed by atoms with van der Waals surface area (Å²) < 4.78 is 0. The molecule has 1 amide bonds. The molecule has 1 unspecified atom stereocenters. The van der Waals surface area contributed by atoms with Crippen LogP contribution in [0.15, 0.2) is 18.3 Å². The van der Waals surface area contributed by atoms with Crippen molar-refractivity contribution in [1.29, 1.82) is 0 Å². The van der Waals surface area contributed by atoms with E-state index in [0.717, 1.165) is 5.69 Å². The Hall–Kier alpha value is -1.42. The highest BCUT2D eigenvalue weighted by Crippen LogP contribution is 2.10. The Bertz CT molecular complexity index is 308. The molecular weight excluding hydrogens is 180 g/mol. The first kappa shape index (κ1) is 10.7. The molecule has 0 bridgehead atoms. The number of carbonyl (C=O) groups is 1. The number of aromatic nitrogens is 1. The van der Waals surface area contributed by atoms with Gasteiger partial charge in [-0.15, -0.1) is 0 Å². The average Bonchev–Trinajstić information content (AvgIpc) is 2.15. The molecule has 4 nitrogen and oxygen atoms in total. The van der Waals surface area contributed by atoms with Crippen LogP contribution in [-0.4, -0.2) is 22.5 Å². The Kier molecular flexibility index (Phi) is 3.59. The van der Waals surface area contributed by atoms with Crippen LogP contribution in [0.25, 0.3) is 0 Å². The summed E-state index contributed by atoms with van der Waals surface area (Å²) in [5.41, 5.74) is 1.62. The molecule has 0 radical (unpaired) electrons. The summed E-state index contributed by atoms with van der Waals surface area (Å²) in [6.07, 6.45) is 0.925. The molecule has 0 aliphatic carbocycles. The van der Waals surface area contributed by atoms with Crippen molar-refractivity contribution in [1.82, 2.24) is 10.3 Å². The molecule has 1 heterocycles. The van der Waals surface area contributed by atoms with Gasteiger partial charge in [-0.05, 0) is 13.0 Å². The van der Waals surface area contributed by atoms with Gasteiger partial charge in [-0.1, -0.05) is 6.07 Å². The molecule has 4 heteroatoms. The smallest absolute Gasteiger partial charge is 0.216 e. The van der Waals surface area contributed by atoms with Crippen molar-refractivity contribution in [3.63, 3.8) is 0 Å². The number of rotatable bonds is 3. The van der Waals surface area contributed by atoms with Crippen molar-refractivity contribution in [3.05, 3.63) is 29.6 Å². The summed E-state index contributed by atoms with van der Waals surface area (Å²) in [5.74, 6) is -0.149. The van der Waals surface area contributed by atoms with Gasteiger partial charge in [0.25, 0.3) is 0 Å². The molecule has 0 fully saturated rings. The third-order valence-electron chi connectivity index (χ3n) is 1.86. The largest absolute Gasteiger partial charge is 0.387 e. The van der Waals surface area contributed by atoms with Crippen molar-refractivity contribution in [2.24, 2.45) is 0 Å². The van der Waals surface area contributed by atoms with E-state index >= 15 is 0 Å². The monoisotopic (exact) mass is 194 g/mol. The second-order valence-corrected chi connectivity index (χ2v) is 3.19. The summed E-state index contributed by atoms with van der Waals surface area (Å²) in [6.45, 7) is 3.52. The van der Waals surface area contributed by atoms with E-state index in [2.05, 4.69) is 10.3 Å². The van der Waals surface area contributed by atoms with Gasteiger partial charge >= 0.3 is 0 Å². The minimum Gasteiger partial charge on any atom is -0.387 e. The summed E-state index contributed by atoms with van der Waals surface area (Å²) in [4.78, 5) is 14.7. The van der Waals surface area contributed by atoms with Crippen molar-refractivity contribution in [3.8, 4) is 0 Å².